The molecule has 9 nitrogen and oxygen atoms in total. The van der Waals surface area contributed by atoms with Crippen molar-refractivity contribution < 1.29 is 24.6 Å². The number of hydrogen-bond donors (Lipinski definition) is 2. The van der Waals surface area contributed by atoms with E-state index in [1.807, 2.05) is 0 Å². The number of hydrogen-bond acceptors (Lipinski definition) is 6. The molecule has 2 fully saturated rings. The lowest BCUT2D eigenvalue weighted by atomic mass is 10.0. The van der Waals surface area contributed by atoms with Gasteiger partial charge in [0.2, 0.25) is 5.91 Å². The molecule has 2 aromatic rings. The second-order valence-corrected chi connectivity index (χ2v) is 7.04. The van der Waals surface area contributed by atoms with Gasteiger partial charge in [0, 0.05) is 24.6 Å². The van der Waals surface area contributed by atoms with Crippen molar-refractivity contribution in [2.24, 2.45) is 5.41 Å². The van der Waals surface area contributed by atoms with Gasteiger partial charge in [0.1, 0.15) is 18.3 Å². The molecular weight excluding hydrogens is 340 g/mol. The van der Waals surface area contributed by atoms with Crippen LogP contribution >= 0.6 is 0 Å². The Labute approximate surface area is 148 Å². The Morgan fingerprint density at radius 3 is 2.77 bits per heavy atom. The molecule has 2 aliphatic rings. The Hall–Kier alpha value is -2.81. The molecule has 0 bridgehead atoms. The minimum absolute atomic E-state index is 0.133. The number of pyridine rings is 1. The Morgan fingerprint density at radius 2 is 2.12 bits per heavy atom. The number of piperidine rings is 1. The first-order valence-corrected chi connectivity index (χ1v) is 8.35. The molecule has 0 unspecified atom stereocenters. The summed E-state index contributed by atoms with van der Waals surface area (Å²) in [6.07, 6.45) is 2.41. The van der Waals surface area contributed by atoms with Gasteiger partial charge in [-0.2, -0.15) is 5.10 Å². The van der Waals surface area contributed by atoms with Crippen molar-refractivity contribution in [1.29, 1.82) is 0 Å². The summed E-state index contributed by atoms with van der Waals surface area (Å²) in [7, 11) is 0. The minimum atomic E-state index is -1.08. The molecule has 1 amide bonds. The Morgan fingerprint density at radius 1 is 1.35 bits per heavy atom. The third kappa shape index (κ3) is 2.31. The van der Waals surface area contributed by atoms with Crippen LogP contribution in [0.25, 0.3) is 11.0 Å². The number of aliphatic carboxylic acids is 1. The maximum absolute atomic E-state index is 12.9. The molecule has 1 aliphatic carbocycles. The van der Waals surface area contributed by atoms with Gasteiger partial charge in [-0.25, -0.2) is 14.5 Å². The van der Waals surface area contributed by atoms with Crippen molar-refractivity contribution in [1.82, 2.24) is 19.7 Å². The van der Waals surface area contributed by atoms with Crippen molar-refractivity contribution in [2.75, 3.05) is 6.61 Å². The molecular formula is C17H18N4O5. The zero-order valence-electron chi connectivity index (χ0n) is 14.1. The molecule has 26 heavy (non-hydrogen) atoms. The fourth-order valence-corrected chi connectivity index (χ4v) is 4.02. The quantitative estimate of drug-likeness (QED) is 0.724. The highest BCUT2D eigenvalue weighted by Gasteiger charge is 2.67. The molecule has 0 aromatic carbocycles. The van der Waals surface area contributed by atoms with Crippen LogP contribution in [-0.2, 0) is 16.1 Å². The van der Waals surface area contributed by atoms with Crippen LogP contribution in [0.3, 0.4) is 0 Å². The van der Waals surface area contributed by atoms with Gasteiger partial charge in [0.15, 0.2) is 11.4 Å². The monoisotopic (exact) mass is 358 g/mol. The Kier molecular flexibility index (Phi) is 3.58. The average molecular weight is 358 g/mol. The summed E-state index contributed by atoms with van der Waals surface area (Å²) in [5.41, 5.74) is 0.141. The smallest absolute Gasteiger partial charge is 0.326 e. The molecule has 1 aliphatic heterocycles. The summed E-state index contributed by atoms with van der Waals surface area (Å²) in [4.78, 5) is 41.7. The highest BCUT2D eigenvalue weighted by Crippen LogP contribution is 2.59. The van der Waals surface area contributed by atoms with Crippen LogP contribution in [0.15, 0.2) is 18.3 Å². The van der Waals surface area contributed by atoms with Gasteiger partial charge in [-0.15, -0.1) is 0 Å². The van der Waals surface area contributed by atoms with E-state index in [-0.39, 0.29) is 37.1 Å². The van der Waals surface area contributed by atoms with E-state index in [1.165, 1.54) is 16.5 Å². The molecule has 0 spiro atoms. The molecule has 1 saturated carbocycles. The molecule has 3 heterocycles. The number of Topliss-reactive ketones (excluding diaryl/α,β-unsaturated/α-hetero) is 1. The van der Waals surface area contributed by atoms with Crippen LogP contribution in [0.2, 0.25) is 0 Å². The summed E-state index contributed by atoms with van der Waals surface area (Å²) in [6.45, 7) is 1.05. The van der Waals surface area contributed by atoms with Gasteiger partial charge < -0.3 is 15.1 Å². The number of amides is 1. The van der Waals surface area contributed by atoms with E-state index in [2.05, 4.69) is 10.1 Å². The Balaban J connectivity index is 1.66. The molecule has 3 atom stereocenters. The fourth-order valence-electron chi connectivity index (χ4n) is 4.02. The van der Waals surface area contributed by atoms with Crippen molar-refractivity contribution >= 4 is 28.7 Å². The number of ketones is 1. The number of fused-ring (bicyclic) bond motifs is 2. The zero-order chi connectivity index (χ0) is 18.6. The first kappa shape index (κ1) is 16.6. The maximum atomic E-state index is 12.9. The molecule has 9 heteroatoms. The molecule has 136 valence electrons. The molecule has 0 radical (unpaired) electrons. The van der Waals surface area contributed by atoms with Gasteiger partial charge in [0.25, 0.3) is 0 Å². The largest absolute Gasteiger partial charge is 0.480 e. The van der Waals surface area contributed by atoms with E-state index in [0.717, 1.165) is 0 Å². The standard InChI is InChI=1S/C17H18N4O5/c1-9(23)14-10-3-2-4-18-15(10)20(19-14)7-13(24)21-11(16(25)26)5-17(8-22)6-12(17)21/h2-4,11-12,22H,5-8H2,1H3,(H,25,26)/t11-,12+,17-/m0/s1. The van der Waals surface area contributed by atoms with Crippen LogP contribution < -0.4 is 0 Å². The van der Waals surface area contributed by atoms with Crippen molar-refractivity contribution in [2.45, 2.75) is 38.4 Å². The fraction of sp³-hybridized carbons (Fsp3) is 0.471. The summed E-state index contributed by atoms with van der Waals surface area (Å²) in [5.74, 6) is -1.72. The minimum Gasteiger partial charge on any atom is -0.480 e. The normalized spacial score (nSPS) is 26.8. The van der Waals surface area contributed by atoms with E-state index >= 15 is 0 Å². The van der Waals surface area contributed by atoms with E-state index in [9.17, 15) is 24.6 Å². The lowest BCUT2D eigenvalue weighted by Crippen LogP contribution is -2.44. The summed E-state index contributed by atoms with van der Waals surface area (Å²) in [5, 5.41) is 23.8. The van der Waals surface area contributed by atoms with Crippen LogP contribution in [-0.4, -0.2) is 66.2 Å². The number of carbonyl (C=O) groups excluding carboxylic acids is 2. The summed E-state index contributed by atoms with van der Waals surface area (Å²) >= 11 is 0. The average Bonchev–Trinajstić information content (AvgIpc) is 3.04. The number of aliphatic hydroxyl groups excluding tert-OH is 1. The number of carboxylic acids is 1. The van der Waals surface area contributed by atoms with E-state index in [1.54, 1.807) is 18.3 Å². The number of aromatic nitrogens is 3. The first-order chi connectivity index (χ1) is 12.4. The number of nitrogens with zero attached hydrogens (tertiary/aromatic N) is 4. The topological polar surface area (TPSA) is 126 Å². The SMILES string of the molecule is CC(=O)c1nn(CC(=O)N2[C@H](C(=O)O)C[C@@]3(CO)C[C@@H]23)c2ncccc12. The van der Waals surface area contributed by atoms with Crippen LogP contribution in [0.1, 0.15) is 30.3 Å². The molecule has 2 N–H and O–H groups in total. The highest BCUT2D eigenvalue weighted by molar-refractivity contribution is 6.04. The van der Waals surface area contributed by atoms with E-state index in [0.29, 0.717) is 17.5 Å². The third-order valence-electron chi connectivity index (χ3n) is 5.43. The van der Waals surface area contributed by atoms with E-state index in [4.69, 9.17) is 0 Å². The summed E-state index contributed by atoms with van der Waals surface area (Å²) in [6, 6.07) is 2.18. The lowest BCUT2D eigenvalue weighted by molar-refractivity contribution is -0.149. The molecule has 4 rings (SSSR count). The number of likely N-dealkylation sites (tertiary alicyclic amines) is 1. The number of aliphatic hydroxyl groups is 1. The van der Waals surface area contributed by atoms with Gasteiger partial charge in [-0.1, -0.05) is 0 Å². The predicted molar refractivity (Wildman–Crippen MR) is 88.3 cm³/mol. The van der Waals surface area contributed by atoms with Gasteiger partial charge in [-0.05, 0) is 25.0 Å². The Bertz CT molecular complexity index is 938. The van der Waals surface area contributed by atoms with Gasteiger partial charge in [0.05, 0.1) is 12.0 Å². The number of rotatable bonds is 5. The van der Waals surface area contributed by atoms with Crippen molar-refractivity contribution in [3.8, 4) is 0 Å². The second-order valence-electron chi connectivity index (χ2n) is 7.04. The highest BCUT2D eigenvalue weighted by atomic mass is 16.4. The maximum Gasteiger partial charge on any atom is 0.326 e. The summed E-state index contributed by atoms with van der Waals surface area (Å²) < 4.78 is 1.34. The van der Waals surface area contributed by atoms with Crippen molar-refractivity contribution in [3.63, 3.8) is 0 Å². The van der Waals surface area contributed by atoms with E-state index < -0.39 is 23.3 Å². The predicted octanol–water partition coefficient (Wildman–Crippen LogP) is 0.0704. The third-order valence-corrected chi connectivity index (χ3v) is 5.43. The molecule has 2 aromatic heterocycles. The lowest BCUT2D eigenvalue weighted by Gasteiger charge is -2.24. The number of carbonyl (C=O) groups is 3. The van der Waals surface area contributed by atoms with Crippen LogP contribution in [0.5, 0.6) is 0 Å². The molecule has 1 saturated heterocycles. The van der Waals surface area contributed by atoms with Crippen molar-refractivity contribution in [3.05, 3.63) is 24.0 Å². The van der Waals surface area contributed by atoms with Gasteiger partial charge in [-0.3, -0.25) is 9.59 Å². The van der Waals surface area contributed by atoms with Crippen LogP contribution in [0, 0.1) is 5.41 Å². The first-order valence-electron chi connectivity index (χ1n) is 8.35. The number of carboxylic acid groups (broad SMARTS) is 1. The van der Waals surface area contributed by atoms with Crippen LogP contribution in [0.4, 0.5) is 0 Å². The van der Waals surface area contributed by atoms with Gasteiger partial charge >= 0.3 is 5.97 Å². The second kappa shape index (κ2) is 5.60. The zero-order valence-corrected chi connectivity index (χ0v) is 14.1.